The monoisotopic (exact) mass is 382 g/mol. The van der Waals surface area contributed by atoms with Crippen molar-refractivity contribution in [2.45, 2.75) is 36.6 Å². The molecule has 0 atom stereocenters. The maximum Gasteiger partial charge on any atom is 0.349 e. The lowest BCUT2D eigenvalue weighted by Gasteiger charge is -2.14. The van der Waals surface area contributed by atoms with E-state index >= 15 is 0 Å². The Hall–Kier alpha value is -2.04. The summed E-state index contributed by atoms with van der Waals surface area (Å²) >= 11 is 7.87. The van der Waals surface area contributed by atoms with Gasteiger partial charge in [0.05, 0.1) is 6.54 Å². The van der Waals surface area contributed by atoms with Gasteiger partial charge in [-0.3, -0.25) is 4.57 Å². The normalized spacial score (nSPS) is 13.0. The van der Waals surface area contributed by atoms with E-state index in [0.717, 1.165) is 51.9 Å². The van der Waals surface area contributed by atoms with Crippen molar-refractivity contribution < 1.29 is 0 Å². The third kappa shape index (κ3) is 3.57. The van der Waals surface area contributed by atoms with Gasteiger partial charge >= 0.3 is 5.69 Å². The van der Waals surface area contributed by atoms with Crippen LogP contribution in [0.4, 0.5) is 0 Å². The summed E-state index contributed by atoms with van der Waals surface area (Å²) in [6.45, 7) is 0.588. The van der Waals surface area contributed by atoms with E-state index < -0.39 is 0 Å². The molecule has 132 valence electrons. The largest absolute Gasteiger partial charge is 0.349 e. The molecule has 3 aromatic rings. The van der Waals surface area contributed by atoms with Gasteiger partial charge in [0, 0.05) is 22.0 Å². The van der Waals surface area contributed by atoms with E-state index in [1.165, 1.54) is 5.56 Å². The van der Waals surface area contributed by atoms with Crippen molar-refractivity contribution in [2.24, 2.45) is 0 Å². The summed E-state index contributed by atoms with van der Waals surface area (Å²) in [4.78, 5) is 17.1. The van der Waals surface area contributed by atoms with E-state index in [1.54, 1.807) is 11.8 Å². The summed E-state index contributed by atoms with van der Waals surface area (Å²) in [5.74, 6) is 0.723. The predicted molar refractivity (Wildman–Crippen MR) is 107 cm³/mol. The average Bonchev–Trinajstić information content (AvgIpc) is 3.14. The molecule has 0 fully saturated rings. The van der Waals surface area contributed by atoms with E-state index in [0.29, 0.717) is 6.54 Å². The van der Waals surface area contributed by atoms with Crippen molar-refractivity contribution in [1.29, 1.82) is 0 Å². The molecule has 1 aliphatic rings. The number of thioether (sulfide) groups is 1. The molecule has 0 unspecified atom stereocenters. The van der Waals surface area contributed by atoms with E-state index in [4.69, 9.17) is 11.6 Å². The van der Waals surface area contributed by atoms with Crippen LogP contribution in [0.5, 0.6) is 0 Å². The molecule has 0 aliphatic heterocycles. The minimum absolute atomic E-state index is 0.156. The van der Waals surface area contributed by atoms with Crippen molar-refractivity contribution in [3.05, 3.63) is 92.5 Å². The highest BCUT2D eigenvalue weighted by molar-refractivity contribution is 7.98. The van der Waals surface area contributed by atoms with Crippen molar-refractivity contribution in [1.82, 2.24) is 9.55 Å². The first kappa shape index (κ1) is 17.4. The topological polar surface area (TPSA) is 34.9 Å². The first-order chi connectivity index (χ1) is 12.7. The third-order valence-corrected chi connectivity index (χ3v) is 6.14. The van der Waals surface area contributed by atoms with Crippen LogP contribution in [0.25, 0.3) is 0 Å². The smallest absolute Gasteiger partial charge is 0.292 e. The molecule has 1 heterocycles. The Balaban J connectivity index is 1.64. The molecule has 1 aromatic heterocycles. The zero-order chi connectivity index (χ0) is 17.9. The summed E-state index contributed by atoms with van der Waals surface area (Å²) in [7, 11) is 0. The van der Waals surface area contributed by atoms with Gasteiger partial charge in [-0.15, -0.1) is 11.8 Å². The highest BCUT2D eigenvalue weighted by atomic mass is 35.5. The first-order valence-electron chi connectivity index (χ1n) is 8.75. The lowest BCUT2D eigenvalue weighted by molar-refractivity contribution is 0.667. The number of nitrogens with zero attached hydrogens (tertiary/aromatic N) is 2. The molecule has 0 amide bonds. The molecular weight excluding hydrogens is 364 g/mol. The average molecular weight is 383 g/mol. The standard InChI is InChI=1S/C21H19ClN2OS/c22-18-11-5-4-9-16(18)14-26-20-17-10-6-12-19(17)24(21(25)23-20)13-15-7-2-1-3-8-15/h1-5,7-9,11H,6,10,12-14H2. The van der Waals surface area contributed by atoms with Crippen molar-refractivity contribution in [3.8, 4) is 0 Å². The van der Waals surface area contributed by atoms with Gasteiger partial charge in [0.1, 0.15) is 5.03 Å². The Morgan fingerprint density at radius 3 is 2.62 bits per heavy atom. The van der Waals surface area contributed by atoms with Crippen LogP contribution in [0.15, 0.2) is 64.4 Å². The highest BCUT2D eigenvalue weighted by Crippen LogP contribution is 2.32. The van der Waals surface area contributed by atoms with Crippen LogP contribution >= 0.6 is 23.4 Å². The van der Waals surface area contributed by atoms with Crippen LogP contribution < -0.4 is 5.69 Å². The maximum absolute atomic E-state index is 12.7. The minimum atomic E-state index is -0.156. The molecule has 2 aromatic carbocycles. The quantitative estimate of drug-likeness (QED) is 0.472. The molecule has 0 N–H and O–H groups in total. The lowest BCUT2D eigenvalue weighted by Crippen LogP contribution is -2.27. The molecule has 0 saturated carbocycles. The SMILES string of the molecule is O=c1nc(SCc2ccccc2Cl)c2c(n1Cc1ccccc1)CCC2. The van der Waals surface area contributed by atoms with Crippen LogP contribution in [-0.2, 0) is 25.1 Å². The van der Waals surface area contributed by atoms with E-state index in [1.807, 2.05) is 59.2 Å². The summed E-state index contributed by atoms with van der Waals surface area (Å²) < 4.78 is 1.84. The predicted octanol–water partition coefficient (Wildman–Crippen LogP) is 4.73. The van der Waals surface area contributed by atoms with Crippen LogP contribution in [-0.4, -0.2) is 9.55 Å². The summed E-state index contributed by atoms with van der Waals surface area (Å²) in [6.07, 6.45) is 3.01. The molecular formula is C21H19ClN2OS. The molecule has 0 bridgehead atoms. The number of hydrogen-bond donors (Lipinski definition) is 0. The molecule has 4 rings (SSSR count). The second kappa shape index (κ2) is 7.68. The summed E-state index contributed by atoms with van der Waals surface area (Å²) in [5, 5.41) is 1.63. The van der Waals surface area contributed by atoms with Gasteiger partial charge < -0.3 is 0 Å². The van der Waals surface area contributed by atoms with Crippen LogP contribution in [0, 0.1) is 0 Å². The van der Waals surface area contributed by atoms with E-state index in [2.05, 4.69) is 4.98 Å². The molecule has 5 heteroatoms. The van der Waals surface area contributed by atoms with Gasteiger partial charge in [-0.05, 0) is 36.5 Å². The third-order valence-electron chi connectivity index (χ3n) is 4.71. The van der Waals surface area contributed by atoms with E-state index in [9.17, 15) is 4.79 Å². The summed E-state index contributed by atoms with van der Waals surface area (Å²) in [5.41, 5.74) is 4.42. The number of aromatic nitrogens is 2. The van der Waals surface area contributed by atoms with Crippen LogP contribution in [0.3, 0.4) is 0 Å². The van der Waals surface area contributed by atoms with Gasteiger partial charge in [0.25, 0.3) is 0 Å². The second-order valence-corrected chi connectivity index (χ2v) is 7.80. The van der Waals surface area contributed by atoms with Crippen LogP contribution in [0.1, 0.15) is 28.8 Å². The zero-order valence-corrected chi connectivity index (χ0v) is 15.9. The second-order valence-electron chi connectivity index (χ2n) is 6.43. The number of benzene rings is 2. The highest BCUT2D eigenvalue weighted by Gasteiger charge is 2.22. The summed E-state index contributed by atoms with van der Waals surface area (Å²) in [6, 6.07) is 17.9. The van der Waals surface area contributed by atoms with Crippen molar-refractivity contribution in [2.75, 3.05) is 0 Å². The minimum Gasteiger partial charge on any atom is -0.292 e. The van der Waals surface area contributed by atoms with Gasteiger partial charge in [-0.2, -0.15) is 4.98 Å². The van der Waals surface area contributed by atoms with Gasteiger partial charge in [0.2, 0.25) is 0 Å². The molecule has 1 aliphatic carbocycles. The van der Waals surface area contributed by atoms with Crippen LogP contribution in [0.2, 0.25) is 5.02 Å². The Morgan fingerprint density at radius 1 is 1.04 bits per heavy atom. The number of hydrogen-bond acceptors (Lipinski definition) is 3. The fourth-order valence-corrected chi connectivity index (χ4v) is 4.76. The Bertz CT molecular complexity index is 985. The fourth-order valence-electron chi connectivity index (χ4n) is 3.40. The van der Waals surface area contributed by atoms with Crippen molar-refractivity contribution >= 4 is 23.4 Å². The Morgan fingerprint density at radius 2 is 1.81 bits per heavy atom. The van der Waals surface area contributed by atoms with Gasteiger partial charge in [-0.25, -0.2) is 4.79 Å². The molecule has 0 radical (unpaired) electrons. The lowest BCUT2D eigenvalue weighted by atomic mass is 10.2. The molecule has 0 spiro atoms. The number of fused-ring (bicyclic) bond motifs is 1. The van der Waals surface area contributed by atoms with E-state index in [-0.39, 0.29) is 5.69 Å². The zero-order valence-electron chi connectivity index (χ0n) is 14.3. The molecule has 26 heavy (non-hydrogen) atoms. The number of rotatable bonds is 5. The maximum atomic E-state index is 12.7. The number of halogens is 1. The molecule has 3 nitrogen and oxygen atoms in total. The van der Waals surface area contributed by atoms with Gasteiger partial charge in [0.15, 0.2) is 0 Å². The van der Waals surface area contributed by atoms with Gasteiger partial charge in [-0.1, -0.05) is 60.1 Å². The fraction of sp³-hybridized carbons (Fsp3) is 0.238. The van der Waals surface area contributed by atoms with Crippen molar-refractivity contribution in [3.63, 3.8) is 0 Å². The Labute approximate surface area is 162 Å². The molecule has 0 saturated heterocycles. The Kier molecular flexibility index (Phi) is 5.14. The first-order valence-corrected chi connectivity index (χ1v) is 10.1.